The maximum absolute atomic E-state index is 13.6. The smallest absolute Gasteiger partial charge is 0.266 e. The number of carbonyl (C=O) groups is 1. The van der Waals surface area contributed by atoms with Crippen LogP contribution in [0.3, 0.4) is 0 Å². The molecule has 0 radical (unpaired) electrons. The summed E-state index contributed by atoms with van der Waals surface area (Å²) in [7, 11) is 0. The van der Waals surface area contributed by atoms with Crippen molar-refractivity contribution in [1.29, 1.82) is 0 Å². The molecule has 0 spiro atoms. The highest BCUT2D eigenvalue weighted by atomic mass is 35.5. The monoisotopic (exact) mass is 269 g/mol. The number of hydrogen-bond acceptors (Lipinski definition) is 2. The largest absolute Gasteiger partial charge is 0.319 e. The van der Waals surface area contributed by atoms with E-state index in [-0.39, 0.29) is 16.6 Å². The number of rotatable bonds is 2. The lowest BCUT2D eigenvalue weighted by atomic mass is 10.2. The predicted octanol–water partition coefficient (Wildman–Crippen LogP) is 4.10. The summed E-state index contributed by atoms with van der Waals surface area (Å²) in [6.45, 7) is 1.83. The van der Waals surface area contributed by atoms with Crippen molar-refractivity contribution in [3.05, 3.63) is 50.9 Å². The molecule has 0 bridgehead atoms. The average molecular weight is 270 g/mol. The first-order valence-electron chi connectivity index (χ1n) is 4.89. The topological polar surface area (TPSA) is 29.1 Å². The molecule has 1 aromatic carbocycles. The Morgan fingerprint density at radius 3 is 2.82 bits per heavy atom. The second kappa shape index (κ2) is 4.85. The van der Waals surface area contributed by atoms with Gasteiger partial charge in [0.05, 0.1) is 15.6 Å². The molecule has 2 aromatic rings. The number of hydrogen-bond donors (Lipinski definition) is 1. The van der Waals surface area contributed by atoms with Gasteiger partial charge in [-0.15, -0.1) is 11.3 Å². The Bertz CT molecular complexity index is 567. The summed E-state index contributed by atoms with van der Waals surface area (Å²) in [5.41, 5.74) is 0.963. The van der Waals surface area contributed by atoms with E-state index < -0.39 is 5.82 Å². The molecule has 0 aliphatic heterocycles. The molecule has 0 unspecified atom stereocenters. The molecule has 0 saturated carbocycles. The minimum Gasteiger partial charge on any atom is -0.319 e. The van der Waals surface area contributed by atoms with Gasteiger partial charge in [0.2, 0.25) is 0 Å². The molecule has 2 nitrogen and oxygen atoms in total. The van der Waals surface area contributed by atoms with Gasteiger partial charge in [0.15, 0.2) is 5.82 Å². The Labute approximate surface area is 107 Å². The van der Waals surface area contributed by atoms with Crippen molar-refractivity contribution >= 4 is 34.5 Å². The van der Waals surface area contributed by atoms with Gasteiger partial charge in [-0.05, 0) is 36.1 Å². The Morgan fingerprint density at radius 2 is 2.18 bits per heavy atom. The van der Waals surface area contributed by atoms with Crippen LogP contribution in [0.15, 0.2) is 29.6 Å². The molecule has 17 heavy (non-hydrogen) atoms. The van der Waals surface area contributed by atoms with Crippen molar-refractivity contribution < 1.29 is 9.18 Å². The van der Waals surface area contributed by atoms with Gasteiger partial charge < -0.3 is 5.32 Å². The predicted molar refractivity (Wildman–Crippen MR) is 68.4 cm³/mol. The maximum Gasteiger partial charge on any atom is 0.266 e. The summed E-state index contributed by atoms with van der Waals surface area (Å²) >= 11 is 6.95. The maximum atomic E-state index is 13.6. The van der Waals surface area contributed by atoms with Crippen molar-refractivity contribution in [2.75, 3.05) is 5.32 Å². The summed E-state index contributed by atoms with van der Waals surface area (Å²) < 4.78 is 13.6. The van der Waals surface area contributed by atoms with Crippen molar-refractivity contribution in [2.45, 2.75) is 6.92 Å². The fraction of sp³-hybridized carbons (Fsp3) is 0.0833. The normalized spacial score (nSPS) is 10.3. The molecule has 2 rings (SSSR count). The Balaban J connectivity index is 2.25. The quantitative estimate of drug-likeness (QED) is 0.874. The molecule has 0 aliphatic rings. The fourth-order valence-electron chi connectivity index (χ4n) is 1.38. The van der Waals surface area contributed by atoms with Crippen LogP contribution in [-0.4, -0.2) is 5.91 Å². The summed E-state index contributed by atoms with van der Waals surface area (Å²) in [4.78, 5) is 12.4. The lowest BCUT2D eigenvalue weighted by Crippen LogP contribution is -2.12. The minimum absolute atomic E-state index is 0.00861. The van der Waals surface area contributed by atoms with Gasteiger partial charge in [-0.3, -0.25) is 4.79 Å². The van der Waals surface area contributed by atoms with Crippen LogP contribution in [0, 0.1) is 12.7 Å². The molecular weight excluding hydrogens is 261 g/mol. The van der Waals surface area contributed by atoms with Crippen LogP contribution < -0.4 is 5.32 Å². The number of halogens is 2. The second-order valence-corrected chi connectivity index (χ2v) is 4.81. The average Bonchev–Trinajstić information content (AvgIpc) is 2.71. The van der Waals surface area contributed by atoms with Gasteiger partial charge in [-0.1, -0.05) is 17.7 Å². The number of anilines is 1. The van der Waals surface area contributed by atoms with Gasteiger partial charge in [-0.25, -0.2) is 4.39 Å². The number of benzene rings is 1. The Kier molecular flexibility index (Phi) is 3.45. The molecule has 0 saturated heterocycles. The van der Waals surface area contributed by atoms with Crippen molar-refractivity contribution in [1.82, 2.24) is 0 Å². The van der Waals surface area contributed by atoms with E-state index in [1.165, 1.54) is 23.5 Å². The van der Waals surface area contributed by atoms with Gasteiger partial charge in [-0.2, -0.15) is 0 Å². The van der Waals surface area contributed by atoms with Crippen molar-refractivity contribution in [3.8, 4) is 0 Å². The molecule has 0 fully saturated rings. The molecule has 1 N–H and O–H groups in total. The molecule has 1 aromatic heterocycles. The van der Waals surface area contributed by atoms with Crippen LogP contribution in [0.25, 0.3) is 0 Å². The Morgan fingerprint density at radius 1 is 1.41 bits per heavy atom. The molecule has 1 heterocycles. The van der Waals surface area contributed by atoms with Crippen molar-refractivity contribution in [2.24, 2.45) is 0 Å². The lowest BCUT2D eigenvalue weighted by molar-refractivity contribution is 0.102. The van der Waals surface area contributed by atoms with E-state index in [4.69, 9.17) is 11.6 Å². The van der Waals surface area contributed by atoms with E-state index >= 15 is 0 Å². The SMILES string of the molecule is Cc1ccsc1C(=O)Nc1cccc(Cl)c1F. The van der Waals surface area contributed by atoms with E-state index in [1.54, 1.807) is 6.07 Å². The number of aryl methyl sites for hydroxylation is 1. The van der Waals surface area contributed by atoms with E-state index in [0.29, 0.717) is 4.88 Å². The van der Waals surface area contributed by atoms with Crippen LogP contribution in [0.5, 0.6) is 0 Å². The highest BCUT2D eigenvalue weighted by molar-refractivity contribution is 7.12. The van der Waals surface area contributed by atoms with E-state index in [9.17, 15) is 9.18 Å². The van der Waals surface area contributed by atoms with Crippen LogP contribution in [0.1, 0.15) is 15.2 Å². The van der Waals surface area contributed by atoms with E-state index in [1.807, 2.05) is 18.4 Å². The minimum atomic E-state index is -0.614. The molecule has 88 valence electrons. The standard InChI is InChI=1S/C12H9ClFNOS/c1-7-5-6-17-11(7)12(16)15-9-4-2-3-8(13)10(9)14/h2-6H,1H3,(H,15,16). The zero-order valence-corrected chi connectivity index (χ0v) is 10.5. The summed E-state index contributed by atoms with van der Waals surface area (Å²) in [5, 5.41) is 4.32. The number of nitrogens with one attached hydrogen (secondary N) is 1. The van der Waals surface area contributed by atoms with E-state index in [0.717, 1.165) is 5.56 Å². The zero-order chi connectivity index (χ0) is 12.4. The second-order valence-electron chi connectivity index (χ2n) is 3.49. The summed E-state index contributed by atoms with van der Waals surface area (Å²) in [6.07, 6.45) is 0. The third-order valence-corrected chi connectivity index (χ3v) is 3.58. The van der Waals surface area contributed by atoms with E-state index in [2.05, 4.69) is 5.32 Å². The molecule has 0 aliphatic carbocycles. The third-order valence-electron chi connectivity index (χ3n) is 2.27. The number of thiophene rings is 1. The van der Waals surface area contributed by atoms with Crippen molar-refractivity contribution in [3.63, 3.8) is 0 Å². The zero-order valence-electron chi connectivity index (χ0n) is 8.96. The molecule has 5 heteroatoms. The van der Waals surface area contributed by atoms with Gasteiger partial charge in [0.1, 0.15) is 0 Å². The highest BCUT2D eigenvalue weighted by Crippen LogP contribution is 2.24. The third kappa shape index (κ3) is 2.48. The summed E-state index contributed by atoms with van der Waals surface area (Å²) in [5.74, 6) is -0.935. The van der Waals surface area contributed by atoms with Gasteiger partial charge >= 0.3 is 0 Å². The number of amides is 1. The fourth-order valence-corrected chi connectivity index (χ4v) is 2.38. The van der Waals surface area contributed by atoms with Crippen LogP contribution in [0.2, 0.25) is 5.02 Å². The lowest BCUT2D eigenvalue weighted by Gasteiger charge is -2.06. The molecule has 0 atom stereocenters. The first-order chi connectivity index (χ1) is 8.09. The summed E-state index contributed by atoms with van der Waals surface area (Å²) in [6, 6.07) is 6.33. The van der Waals surface area contributed by atoms with Gasteiger partial charge in [0, 0.05) is 0 Å². The highest BCUT2D eigenvalue weighted by Gasteiger charge is 2.13. The molecular formula is C12H9ClFNOS. The first-order valence-corrected chi connectivity index (χ1v) is 6.15. The molecule has 1 amide bonds. The van der Waals surface area contributed by atoms with Gasteiger partial charge in [0.25, 0.3) is 5.91 Å². The first kappa shape index (κ1) is 12.1. The van der Waals surface area contributed by atoms with Crippen LogP contribution in [0.4, 0.5) is 10.1 Å². The Hall–Kier alpha value is -1.39. The van der Waals surface area contributed by atoms with Crippen LogP contribution in [-0.2, 0) is 0 Å². The van der Waals surface area contributed by atoms with Crippen LogP contribution >= 0.6 is 22.9 Å². The number of carbonyl (C=O) groups excluding carboxylic acids is 1.